The van der Waals surface area contributed by atoms with Crippen molar-refractivity contribution in [1.29, 1.82) is 0 Å². The molecule has 2 N–H and O–H groups in total. The number of para-hydroxylation sites is 1. The molecule has 146 valence electrons. The molecule has 1 atom stereocenters. The monoisotopic (exact) mass is 410 g/mol. The zero-order valence-corrected chi connectivity index (χ0v) is 16.9. The van der Waals surface area contributed by atoms with E-state index < -0.39 is 28.0 Å². The van der Waals surface area contributed by atoms with E-state index in [1.807, 2.05) is 32.0 Å². The summed E-state index contributed by atoms with van der Waals surface area (Å²) in [7, 11) is -3.63. The molecule has 1 aromatic carbocycles. The number of esters is 1. The molecule has 7 nitrogen and oxygen atoms in total. The van der Waals surface area contributed by atoms with Gasteiger partial charge in [-0.1, -0.05) is 24.3 Å². The van der Waals surface area contributed by atoms with E-state index in [9.17, 15) is 18.0 Å². The Kier molecular flexibility index (Phi) is 7.11. The van der Waals surface area contributed by atoms with Crippen molar-refractivity contribution in [2.75, 3.05) is 11.9 Å². The van der Waals surface area contributed by atoms with Crippen molar-refractivity contribution in [1.82, 2.24) is 4.72 Å². The van der Waals surface area contributed by atoms with Gasteiger partial charge in [0.15, 0.2) is 6.10 Å². The van der Waals surface area contributed by atoms with Gasteiger partial charge in [-0.05, 0) is 43.3 Å². The van der Waals surface area contributed by atoms with Crippen molar-refractivity contribution in [3.63, 3.8) is 0 Å². The summed E-state index contributed by atoms with van der Waals surface area (Å²) in [5.74, 6) is -1.10. The molecule has 0 aliphatic heterocycles. The molecule has 0 saturated heterocycles. The van der Waals surface area contributed by atoms with Gasteiger partial charge in [0, 0.05) is 12.2 Å². The standard InChI is InChI=1S/C18H22N2O5S2/c1-12-6-4-7-13(2)17(12)20-18(22)14(3)25-15(21)9-10-19-27(23,24)16-8-5-11-26-16/h4-8,11,14,19H,9-10H2,1-3H3,(H,20,22)/t14-/m1/s1. The lowest BCUT2D eigenvalue weighted by atomic mass is 10.1. The minimum Gasteiger partial charge on any atom is -0.452 e. The number of ether oxygens (including phenoxy) is 1. The SMILES string of the molecule is Cc1cccc(C)c1NC(=O)[C@@H](C)OC(=O)CCNS(=O)(=O)c1cccs1. The number of hydrogen-bond donors (Lipinski definition) is 2. The van der Waals surface area contributed by atoms with Crippen LogP contribution in [0.3, 0.4) is 0 Å². The van der Waals surface area contributed by atoms with Crippen LogP contribution in [0, 0.1) is 13.8 Å². The van der Waals surface area contributed by atoms with Gasteiger partial charge in [0.05, 0.1) is 6.42 Å². The van der Waals surface area contributed by atoms with Gasteiger partial charge in [0.2, 0.25) is 10.0 Å². The van der Waals surface area contributed by atoms with Crippen molar-refractivity contribution >= 4 is 38.9 Å². The minimum atomic E-state index is -3.63. The average molecular weight is 411 g/mol. The van der Waals surface area contributed by atoms with Gasteiger partial charge in [-0.25, -0.2) is 13.1 Å². The summed E-state index contributed by atoms with van der Waals surface area (Å²) >= 11 is 1.09. The fraction of sp³-hybridized carbons (Fsp3) is 0.333. The number of amides is 1. The number of aryl methyl sites for hydroxylation is 2. The Hall–Kier alpha value is -2.23. The molecule has 1 heterocycles. The Morgan fingerprint density at radius 3 is 2.41 bits per heavy atom. The molecule has 0 aliphatic carbocycles. The van der Waals surface area contributed by atoms with Crippen molar-refractivity contribution in [2.24, 2.45) is 0 Å². The Morgan fingerprint density at radius 1 is 1.15 bits per heavy atom. The third-order valence-electron chi connectivity index (χ3n) is 3.79. The molecule has 0 spiro atoms. The molecule has 0 radical (unpaired) electrons. The van der Waals surface area contributed by atoms with Gasteiger partial charge < -0.3 is 10.1 Å². The van der Waals surface area contributed by atoms with Gasteiger partial charge in [-0.2, -0.15) is 0 Å². The van der Waals surface area contributed by atoms with Crippen LogP contribution in [-0.4, -0.2) is 32.9 Å². The average Bonchev–Trinajstić information content (AvgIpc) is 3.13. The van der Waals surface area contributed by atoms with Crippen molar-refractivity contribution in [3.8, 4) is 0 Å². The molecule has 0 bridgehead atoms. The van der Waals surface area contributed by atoms with E-state index in [4.69, 9.17) is 4.74 Å². The second kappa shape index (κ2) is 9.12. The fourth-order valence-corrected chi connectivity index (χ4v) is 4.39. The molecule has 0 aliphatic rings. The van der Waals surface area contributed by atoms with Gasteiger partial charge >= 0.3 is 5.97 Å². The largest absolute Gasteiger partial charge is 0.452 e. The number of carbonyl (C=O) groups excluding carboxylic acids is 2. The number of sulfonamides is 1. The van der Waals surface area contributed by atoms with E-state index in [-0.39, 0.29) is 17.2 Å². The lowest BCUT2D eigenvalue weighted by Gasteiger charge is -2.16. The highest BCUT2D eigenvalue weighted by atomic mass is 32.2. The maximum atomic E-state index is 12.2. The second-order valence-corrected chi connectivity index (χ2v) is 8.91. The lowest BCUT2D eigenvalue weighted by Crippen LogP contribution is -2.32. The molecule has 2 rings (SSSR count). The summed E-state index contributed by atoms with van der Waals surface area (Å²) in [6.07, 6.45) is -1.17. The zero-order chi connectivity index (χ0) is 20.0. The molecule has 2 aromatic rings. The number of rotatable bonds is 8. The first-order valence-electron chi connectivity index (χ1n) is 8.30. The van der Waals surface area contributed by atoms with E-state index in [2.05, 4.69) is 10.0 Å². The predicted molar refractivity (Wildman–Crippen MR) is 104 cm³/mol. The third-order valence-corrected chi connectivity index (χ3v) is 6.65. The molecular weight excluding hydrogens is 388 g/mol. The quantitative estimate of drug-likeness (QED) is 0.652. The van der Waals surface area contributed by atoms with Crippen molar-refractivity contribution < 1.29 is 22.7 Å². The summed E-state index contributed by atoms with van der Waals surface area (Å²) in [5, 5.41) is 4.41. The zero-order valence-electron chi connectivity index (χ0n) is 15.3. The predicted octanol–water partition coefficient (Wildman–Crippen LogP) is 2.60. The maximum Gasteiger partial charge on any atom is 0.307 e. The molecule has 0 saturated carbocycles. The van der Waals surface area contributed by atoms with E-state index >= 15 is 0 Å². The van der Waals surface area contributed by atoms with E-state index in [1.54, 1.807) is 11.4 Å². The van der Waals surface area contributed by atoms with Crippen LogP contribution in [0.1, 0.15) is 24.5 Å². The number of anilines is 1. The highest BCUT2D eigenvalue weighted by molar-refractivity contribution is 7.91. The van der Waals surface area contributed by atoms with E-state index in [0.717, 1.165) is 22.5 Å². The summed E-state index contributed by atoms with van der Waals surface area (Å²) in [4.78, 5) is 24.1. The first-order valence-corrected chi connectivity index (χ1v) is 10.7. The van der Waals surface area contributed by atoms with E-state index in [0.29, 0.717) is 5.69 Å². The summed E-state index contributed by atoms with van der Waals surface area (Å²) in [5.41, 5.74) is 2.50. The summed E-state index contributed by atoms with van der Waals surface area (Å²) < 4.78 is 31.5. The number of nitrogens with one attached hydrogen (secondary N) is 2. The van der Waals surface area contributed by atoms with Crippen molar-refractivity contribution in [3.05, 3.63) is 46.8 Å². The number of carbonyl (C=O) groups is 2. The van der Waals surface area contributed by atoms with Crippen LogP contribution < -0.4 is 10.0 Å². The second-order valence-electron chi connectivity index (χ2n) is 5.97. The Morgan fingerprint density at radius 2 is 1.81 bits per heavy atom. The molecule has 0 unspecified atom stereocenters. The summed E-state index contributed by atoms with van der Waals surface area (Å²) in [6.45, 7) is 5.11. The fourth-order valence-electron chi connectivity index (χ4n) is 2.32. The summed E-state index contributed by atoms with van der Waals surface area (Å²) in [6, 6.07) is 8.74. The minimum absolute atomic E-state index is 0.107. The Bertz CT molecular complexity index is 888. The molecule has 0 fully saturated rings. The van der Waals surface area contributed by atoms with Crippen LogP contribution in [0.25, 0.3) is 0 Å². The van der Waals surface area contributed by atoms with Crippen LogP contribution in [0.15, 0.2) is 39.9 Å². The highest BCUT2D eigenvalue weighted by Crippen LogP contribution is 2.20. The molecule has 27 heavy (non-hydrogen) atoms. The van der Waals surface area contributed by atoms with E-state index in [1.165, 1.54) is 13.0 Å². The van der Waals surface area contributed by atoms with Gasteiger partial charge in [-0.15, -0.1) is 11.3 Å². The topological polar surface area (TPSA) is 102 Å². The number of thiophene rings is 1. The normalized spacial score (nSPS) is 12.4. The van der Waals surface area contributed by atoms with Crippen LogP contribution in [0.5, 0.6) is 0 Å². The van der Waals surface area contributed by atoms with Crippen LogP contribution in [0.2, 0.25) is 0 Å². The maximum absolute atomic E-state index is 12.2. The smallest absolute Gasteiger partial charge is 0.307 e. The van der Waals surface area contributed by atoms with Crippen LogP contribution in [0.4, 0.5) is 5.69 Å². The third kappa shape index (κ3) is 5.88. The first-order chi connectivity index (χ1) is 12.7. The van der Waals surface area contributed by atoms with Crippen LogP contribution >= 0.6 is 11.3 Å². The molecular formula is C18H22N2O5S2. The Balaban J connectivity index is 1.82. The molecule has 1 amide bonds. The lowest BCUT2D eigenvalue weighted by molar-refractivity contribution is -0.152. The number of hydrogen-bond acceptors (Lipinski definition) is 6. The van der Waals surface area contributed by atoms with Gasteiger partial charge in [-0.3, -0.25) is 9.59 Å². The van der Waals surface area contributed by atoms with Crippen LogP contribution in [-0.2, 0) is 24.3 Å². The highest BCUT2D eigenvalue weighted by Gasteiger charge is 2.20. The van der Waals surface area contributed by atoms with Gasteiger partial charge in [0.1, 0.15) is 4.21 Å². The van der Waals surface area contributed by atoms with Crippen molar-refractivity contribution in [2.45, 2.75) is 37.5 Å². The molecule has 1 aromatic heterocycles. The Labute approximate surface area is 162 Å². The number of benzene rings is 1. The molecule has 9 heteroatoms. The van der Waals surface area contributed by atoms with Gasteiger partial charge in [0.25, 0.3) is 5.91 Å². The first kappa shape index (κ1) is 21.1.